The van der Waals surface area contributed by atoms with E-state index < -0.39 is 0 Å². The van der Waals surface area contributed by atoms with Crippen molar-refractivity contribution in [3.63, 3.8) is 0 Å². The van der Waals surface area contributed by atoms with Gasteiger partial charge in [0.1, 0.15) is 6.54 Å². The molecule has 0 unspecified atom stereocenters. The number of aryl methyl sites for hydroxylation is 1. The number of carbonyl (C=O) groups is 1. The molecule has 20 heavy (non-hydrogen) atoms. The number of rotatable bonds is 6. The van der Waals surface area contributed by atoms with Gasteiger partial charge in [0.2, 0.25) is 5.91 Å². The number of amides is 1. The summed E-state index contributed by atoms with van der Waals surface area (Å²) in [5.41, 5.74) is 3.41. The fourth-order valence-corrected chi connectivity index (χ4v) is 2.58. The molecule has 1 N–H and O–H groups in total. The van der Waals surface area contributed by atoms with E-state index in [1.807, 2.05) is 23.6 Å². The summed E-state index contributed by atoms with van der Waals surface area (Å²) in [5, 5.41) is 8.06. The number of hydrogen-bond acceptors (Lipinski definition) is 3. The van der Waals surface area contributed by atoms with E-state index in [2.05, 4.69) is 17.3 Å². The first kappa shape index (κ1) is 13.6. The van der Waals surface area contributed by atoms with Crippen molar-refractivity contribution in [1.82, 2.24) is 20.0 Å². The van der Waals surface area contributed by atoms with Crippen LogP contribution in [0.1, 0.15) is 42.6 Å². The van der Waals surface area contributed by atoms with E-state index in [4.69, 9.17) is 0 Å². The molecule has 0 saturated heterocycles. The molecule has 0 radical (unpaired) electrons. The summed E-state index contributed by atoms with van der Waals surface area (Å²) in [6, 6.07) is 1.16. The summed E-state index contributed by atoms with van der Waals surface area (Å²) in [5.74, 6) is 0.166. The van der Waals surface area contributed by atoms with Crippen molar-refractivity contribution >= 4 is 5.91 Å². The van der Waals surface area contributed by atoms with Crippen molar-refractivity contribution in [1.29, 1.82) is 0 Å². The van der Waals surface area contributed by atoms with E-state index in [-0.39, 0.29) is 5.91 Å². The van der Waals surface area contributed by atoms with Crippen LogP contribution in [0.4, 0.5) is 0 Å². The highest BCUT2D eigenvalue weighted by atomic mass is 16.2. The minimum absolute atomic E-state index is 0.166. The van der Waals surface area contributed by atoms with Crippen LogP contribution in [-0.2, 0) is 17.9 Å². The number of hydrogen-bond donors (Lipinski definition) is 1. The third-order valence-corrected chi connectivity index (χ3v) is 4.45. The molecular weight excluding hydrogens is 252 g/mol. The summed E-state index contributed by atoms with van der Waals surface area (Å²) < 4.78 is 1.86. The van der Waals surface area contributed by atoms with E-state index in [0.29, 0.717) is 18.6 Å². The first-order valence-corrected chi connectivity index (χ1v) is 7.58. The standard InChI is InChI=1S/C15H24N4O/c1-10-14(8-16-12-4-5-12)11(2)19(17-10)9-15(20)18(3)13-6-7-13/h12-13,16H,4-9H2,1-3H3. The lowest BCUT2D eigenvalue weighted by Crippen LogP contribution is -2.32. The molecule has 1 aromatic rings. The Morgan fingerprint density at radius 2 is 2.05 bits per heavy atom. The Morgan fingerprint density at radius 1 is 1.35 bits per heavy atom. The molecule has 3 rings (SSSR count). The van der Waals surface area contributed by atoms with Crippen molar-refractivity contribution in [2.45, 2.75) is 64.7 Å². The third-order valence-electron chi connectivity index (χ3n) is 4.45. The van der Waals surface area contributed by atoms with Gasteiger partial charge in [-0.25, -0.2) is 0 Å². The Kier molecular flexibility index (Phi) is 3.54. The number of likely N-dealkylation sites (N-methyl/N-ethyl adjacent to an activating group) is 1. The lowest BCUT2D eigenvalue weighted by atomic mass is 10.2. The van der Waals surface area contributed by atoms with Crippen molar-refractivity contribution < 1.29 is 4.79 Å². The average Bonchev–Trinajstić information content (AvgIpc) is 3.28. The van der Waals surface area contributed by atoms with E-state index >= 15 is 0 Å². The van der Waals surface area contributed by atoms with Gasteiger partial charge in [-0.1, -0.05) is 0 Å². The summed E-state index contributed by atoms with van der Waals surface area (Å²) >= 11 is 0. The van der Waals surface area contributed by atoms with Crippen LogP contribution in [0, 0.1) is 13.8 Å². The zero-order chi connectivity index (χ0) is 14.3. The molecule has 2 aliphatic carbocycles. The fraction of sp³-hybridized carbons (Fsp3) is 0.733. The van der Waals surface area contributed by atoms with Gasteiger partial charge in [-0.3, -0.25) is 9.48 Å². The maximum absolute atomic E-state index is 12.2. The monoisotopic (exact) mass is 276 g/mol. The Hall–Kier alpha value is -1.36. The van der Waals surface area contributed by atoms with Crippen LogP contribution in [0.15, 0.2) is 0 Å². The van der Waals surface area contributed by atoms with Crippen LogP contribution < -0.4 is 5.32 Å². The molecule has 110 valence electrons. The predicted octanol–water partition coefficient (Wildman–Crippen LogP) is 1.37. The lowest BCUT2D eigenvalue weighted by Gasteiger charge is -2.16. The molecule has 0 atom stereocenters. The smallest absolute Gasteiger partial charge is 0.244 e. The summed E-state index contributed by atoms with van der Waals surface area (Å²) in [7, 11) is 1.90. The van der Waals surface area contributed by atoms with Gasteiger partial charge < -0.3 is 10.2 Å². The molecule has 1 amide bonds. The Bertz CT molecular complexity index is 514. The summed E-state index contributed by atoms with van der Waals surface area (Å²) in [6.45, 7) is 5.33. The third kappa shape index (κ3) is 2.87. The Balaban J connectivity index is 1.65. The minimum Gasteiger partial charge on any atom is -0.341 e. The quantitative estimate of drug-likeness (QED) is 0.854. The van der Waals surface area contributed by atoms with Crippen LogP contribution in [0.25, 0.3) is 0 Å². The molecule has 0 bridgehead atoms. The molecule has 0 aromatic carbocycles. The number of aromatic nitrogens is 2. The highest BCUT2D eigenvalue weighted by molar-refractivity contribution is 5.76. The minimum atomic E-state index is 0.166. The molecule has 2 aliphatic rings. The normalized spacial score (nSPS) is 18.4. The van der Waals surface area contributed by atoms with E-state index in [9.17, 15) is 4.79 Å². The fourth-order valence-electron chi connectivity index (χ4n) is 2.58. The topological polar surface area (TPSA) is 50.2 Å². The molecular formula is C15H24N4O. The maximum atomic E-state index is 12.2. The summed E-state index contributed by atoms with van der Waals surface area (Å²) in [6.07, 6.45) is 4.87. The predicted molar refractivity (Wildman–Crippen MR) is 77.4 cm³/mol. The van der Waals surface area contributed by atoms with E-state index in [0.717, 1.165) is 30.8 Å². The van der Waals surface area contributed by atoms with Gasteiger partial charge in [0, 0.05) is 36.9 Å². The van der Waals surface area contributed by atoms with Crippen molar-refractivity contribution in [2.24, 2.45) is 0 Å². The second-order valence-electron chi connectivity index (χ2n) is 6.20. The van der Waals surface area contributed by atoms with Gasteiger partial charge in [0.05, 0.1) is 5.69 Å². The van der Waals surface area contributed by atoms with Gasteiger partial charge in [0.15, 0.2) is 0 Å². The highest BCUT2D eigenvalue weighted by Crippen LogP contribution is 2.26. The van der Waals surface area contributed by atoms with Crippen molar-refractivity contribution in [3.8, 4) is 0 Å². The molecule has 5 nitrogen and oxygen atoms in total. The second-order valence-corrected chi connectivity index (χ2v) is 6.20. The molecule has 2 fully saturated rings. The van der Waals surface area contributed by atoms with Gasteiger partial charge in [-0.2, -0.15) is 5.10 Å². The van der Waals surface area contributed by atoms with Crippen LogP contribution in [0.3, 0.4) is 0 Å². The van der Waals surface area contributed by atoms with Crippen LogP contribution in [0.2, 0.25) is 0 Å². The Labute approximate surface area is 120 Å². The SMILES string of the molecule is Cc1nn(CC(=O)N(C)C2CC2)c(C)c1CNC1CC1. The number of carbonyl (C=O) groups excluding carboxylic acids is 1. The first-order valence-electron chi connectivity index (χ1n) is 7.58. The van der Waals surface area contributed by atoms with Gasteiger partial charge >= 0.3 is 0 Å². The van der Waals surface area contributed by atoms with E-state index in [1.54, 1.807) is 0 Å². The molecule has 5 heteroatoms. The van der Waals surface area contributed by atoms with Crippen molar-refractivity contribution in [2.75, 3.05) is 7.05 Å². The zero-order valence-corrected chi connectivity index (χ0v) is 12.6. The van der Waals surface area contributed by atoms with E-state index in [1.165, 1.54) is 18.4 Å². The maximum Gasteiger partial charge on any atom is 0.244 e. The lowest BCUT2D eigenvalue weighted by molar-refractivity contribution is -0.131. The van der Waals surface area contributed by atoms with Gasteiger partial charge in [0.25, 0.3) is 0 Å². The van der Waals surface area contributed by atoms with Crippen LogP contribution in [0.5, 0.6) is 0 Å². The summed E-state index contributed by atoms with van der Waals surface area (Å²) in [4.78, 5) is 14.1. The largest absolute Gasteiger partial charge is 0.341 e. The Morgan fingerprint density at radius 3 is 2.65 bits per heavy atom. The molecule has 1 aromatic heterocycles. The van der Waals surface area contributed by atoms with Gasteiger partial charge in [-0.05, 0) is 39.5 Å². The van der Waals surface area contributed by atoms with Crippen LogP contribution in [-0.4, -0.2) is 39.7 Å². The zero-order valence-electron chi connectivity index (χ0n) is 12.6. The number of nitrogens with zero attached hydrogens (tertiary/aromatic N) is 3. The molecule has 0 spiro atoms. The van der Waals surface area contributed by atoms with Crippen molar-refractivity contribution in [3.05, 3.63) is 17.0 Å². The molecule has 1 heterocycles. The highest BCUT2D eigenvalue weighted by Gasteiger charge is 2.30. The van der Waals surface area contributed by atoms with Gasteiger partial charge in [-0.15, -0.1) is 0 Å². The average molecular weight is 276 g/mol. The second kappa shape index (κ2) is 5.20. The molecule has 2 saturated carbocycles. The first-order chi connectivity index (χ1) is 9.56. The van der Waals surface area contributed by atoms with Crippen LogP contribution >= 0.6 is 0 Å². The number of nitrogens with one attached hydrogen (secondary N) is 1. The molecule has 0 aliphatic heterocycles.